The van der Waals surface area contributed by atoms with E-state index in [-0.39, 0.29) is 11.7 Å². The minimum Gasteiger partial charge on any atom is -0.474 e. The van der Waals surface area contributed by atoms with Gasteiger partial charge in [-0.25, -0.2) is 4.98 Å². The first-order chi connectivity index (χ1) is 10.8. The van der Waals surface area contributed by atoms with Gasteiger partial charge >= 0.3 is 0 Å². The molecule has 1 atom stereocenters. The number of rotatable bonds is 3. The van der Waals surface area contributed by atoms with Crippen LogP contribution in [0.2, 0.25) is 0 Å². The SMILES string of the molecule is c1ccc(O[C@H]2CCOC3(C2)CN(C2CCOCC2)C3)nc1. The third-order valence-corrected chi connectivity index (χ3v) is 5.06. The third-order valence-electron chi connectivity index (χ3n) is 5.06. The molecule has 0 unspecified atom stereocenters. The Morgan fingerprint density at radius 3 is 2.77 bits per heavy atom. The quantitative estimate of drug-likeness (QED) is 0.853. The summed E-state index contributed by atoms with van der Waals surface area (Å²) in [4.78, 5) is 6.83. The highest BCUT2D eigenvalue weighted by atomic mass is 16.5. The first-order valence-electron chi connectivity index (χ1n) is 8.36. The van der Waals surface area contributed by atoms with Crippen LogP contribution in [0.25, 0.3) is 0 Å². The van der Waals surface area contributed by atoms with E-state index in [4.69, 9.17) is 14.2 Å². The summed E-state index contributed by atoms with van der Waals surface area (Å²) in [6, 6.07) is 6.49. The number of likely N-dealkylation sites (tertiary alicyclic amines) is 1. The molecule has 0 aromatic carbocycles. The first kappa shape index (κ1) is 14.4. The van der Waals surface area contributed by atoms with Crippen molar-refractivity contribution in [2.45, 2.75) is 43.4 Å². The molecule has 0 N–H and O–H groups in total. The molecule has 1 aromatic heterocycles. The predicted molar refractivity (Wildman–Crippen MR) is 82.0 cm³/mol. The molecule has 5 heteroatoms. The van der Waals surface area contributed by atoms with Gasteiger partial charge in [-0.1, -0.05) is 6.07 Å². The van der Waals surface area contributed by atoms with E-state index in [0.29, 0.717) is 6.04 Å². The molecule has 3 saturated heterocycles. The standard InChI is InChI=1S/C17H24N2O3/c1-2-7-18-16(3-1)22-15-6-10-21-17(11-15)12-19(13-17)14-4-8-20-9-5-14/h1-3,7,14-15H,4-6,8-13H2/t15-/m0/s1. The fraction of sp³-hybridized carbons (Fsp3) is 0.706. The summed E-state index contributed by atoms with van der Waals surface area (Å²) in [5, 5.41) is 0. The molecular weight excluding hydrogens is 280 g/mol. The van der Waals surface area contributed by atoms with Gasteiger partial charge in [-0.15, -0.1) is 0 Å². The van der Waals surface area contributed by atoms with Gasteiger partial charge in [-0.05, 0) is 18.9 Å². The van der Waals surface area contributed by atoms with Crippen molar-refractivity contribution in [1.82, 2.24) is 9.88 Å². The maximum absolute atomic E-state index is 6.12. The van der Waals surface area contributed by atoms with Gasteiger partial charge in [0.05, 0.1) is 12.2 Å². The molecule has 0 bridgehead atoms. The maximum atomic E-state index is 6.12. The van der Waals surface area contributed by atoms with Gasteiger partial charge in [-0.3, -0.25) is 4.90 Å². The second kappa shape index (κ2) is 6.14. The minimum absolute atomic E-state index is 0.00992. The van der Waals surface area contributed by atoms with Gasteiger partial charge in [-0.2, -0.15) is 0 Å². The van der Waals surface area contributed by atoms with Crippen LogP contribution in [0.5, 0.6) is 5.88 Å². The molecule has 1 aromatic rings. The van der Waals surface area contributed by atoms with Gasteiger partial charge in [0.1, 0.15) is 6.10 Å². The maximum Gasteiger partial charge on any atom is 0.213 e. The zero-order valence-corrected chi connectivity index (χ0v) is 12.9. The van der Waals surface area contributed by atoms with E-state index in [1.54, 1.807) is 6.20 Å². The van der Waals surface area contributed by atoms with E-state index in [1.807, 2.05) is 18.2 Å². The normalized spacial score (nSPS) is 29.2. The van der Waals surface area contributed by atoms with E-state index in [2.05, 4.69) is 9.88 Å². The van der Waals surface area contributed by atoms with Gasteiger partial charge in [0.2, 0.25) is 5.88 Å². The molecule has 0 saturated carbocycles. The highest BCUT2D eigenvalue weighted by Crippen LogP contribution is 2.37. The first-order valence-corrected chi connectivity index (χ1v) is 8.36. The highest BCUT2D eigenvalue weighted by Gasteiger charge is 2.50. The van der Waals surface area contributed by atoms with E-state index >= 15 is 0 Å². The predicted octanol–water partition coefficient (Wildman–Crippen LogP) is 1.87. The Morgan fingerprint density at radius 2 is 2.00 bits per heavy atom. The summed E-state index contributed by atoms with van der Waals surface area (Å²) in [5.41, 5.74) is 0.00992. The van der Waals surface area contributed by atoms with Crippen LogP contribution in [-0.2, 0) is 9.47 Å². The summed E-state index contributed by atoms with van der Waals surface area (Å²) in [5.74, 6) is 0.727. The zero-order valence-electron chi connectivity index (χ0n) is 12.9. The molecule has 3 fully saturated rings. The molecular formula is C17H24N2O3. The lowest BCUT2D eigenvalue weighted by Crippen LogP contribution is -2.68. The fourth-order valence-corrected chi connectivity index (χ4v) is 3.89. The van der Waals surface area contributed by atoms with Gasteiger partial charge in [0.25, 0.3) is 0 Å². The van der Waals surface area contributed by atoms with E-state index < -0.39 is 0 Å². The molecule has 4 heterocycles. The van der Waals surface area contributed by atoms with E-state index in [0.717, 1.165) is 64.5 Å². The van der Waals surface area contributed by atoms with Crippen molar-refractivity contribution in [3.05, 3.63) is 24.4 Å². The number of ether oxygens (including phenoxy) is 3. The molecule has 3 aliphatic heterocycles. The van der Waals surface area contributed by atoms with Crippen LogP contribution in [0.4, 0.5) is 0 Å². The van der Waals surface area contributed by atoms with E-state index in [1.165, 1.54) is 0 Å². The Kier molecular flexibility index (Phi) is 4.03. The molecule has 5 nitrogen and oxygen atoms in total. The molecule has 0 radical (unpaired) electrons. The van der Waals surface area contributed by atoms with Crippen LogP contribution in [-0.4, -0.2) is 60.5 Å². The van der Waals surface area contributed by atoms with Gasteiger partial charge in [0, 0.05) is 57.4 Å². The van der Waals surface area contributed by atoms with Crippen molar-refractivity contribution >= 4 is 0 Å². The third kappa shape index (κ3) is 2.98. The Morgan fingerprint density at radius 1 is 1.14 bits per heavy atom. The van der Waals surface area contributed by atoms with E-state index in [9.17, 15) is 0 Å². The van der Waals surface area contributed by atoms with Crippen LogP contribution in [0.15, 0.2) is 24.4 Å². The molecule has 4 rings (SSSR count). The highest BCUT2D eigenvalue weighted by molar-refractivity contribution is 5.11. The van der Waals surface area contributed by atoms with Crippen LogP contribution in [0.3, 0.4) is 0 Å². The topological polar surface area (TPSA) is 43.8 Å². The van der Waals surface area contributed by atoms with Crippen LogP contribution < -0.4 is 4.74 Å². The number of hydrogen-bond acceptors (Lipinski definition) is 5. The number of hydrogen-bond donors (Lipinski definition) is 0. The Hall–Kier alpha value is -1.17. The molecule has 22 heavy (non-hydrogen) atoms. The summed E-state index contributed by atoms with van der Waals surface area (Å²) < 4.78 is 17.6. The number of pyridine rings is 1. The second-order valence-corrected chi connectivity index (χ2v) is 6.68. The Bertz CT molecular complexity index is 484. The molecule has 1 spiro atoms. The van der Waals surface area contributed by atoms with Crippen molar-refractivity contribution in [1.29, 1.82) is 0 Å². The average Bonchev–Trinajstić information content (AvgIpc) is 2.54. The number of aromatic nitrogens is 1. The number of nitrogens with zero attached hydrogens (tertiary/aromatic N) is 2. The smallest absolute Gasteiger partial charge is 0.213 e. The lowest BCUT2D eigenvalue weighted by Gasteiger charge is -2.56. The van der Waals surface area contributed by atoms with Crippen LogP contribution in [0.1, 0.15) is 25.7 Å². The summed E-state index contributed by atoms with van der Waals surface area (Å²) in [6.07, 6.45) is 6.24. The summed E-state index contributed by atoms with van der Waals surface area (Å²) in [6.45, 7) is 4.68. The fourth-order valence-electron chi connectivity index (χ4n) is 3.89. The van der Waals surface area contributed by atoms with Crippen molar-refractivity contribution < 1.29 is 14.2 Å². The van der Waals surface area contributed by atoms with Gasteiger partial charge in [0.15, 0.2) is 0 Å². The molecule has 0 amide bonds. The van der Waals surface area contributed by atoms with Crippen LogP contribution in [0, 0.1) is 0 Å². The van der Waals surface area contributed by atoms with Crippen molar-refractivity contribution in [2.24, 2.45) is 0 Å². The molecule has 3 aliphatic rings. The summed E-state index contributed by atoms with van der Waals surface area (Å²) in [7, 11) is 0. The molecule has 0 aliphatic carbocycles. The largest absolute Gasteiger partial charge is 0.474 e. The van der Waals surface area contributed by atoms with Gasteiger partial charge < -0.3 is 14.2 Å². The zero-order chi connectivity index (χ0) is 14.8. The average molecular weight is 304 g/mol. The lowest BCUT2D eigenvalue weighted by atomic mass is 9.82. The molecule has 120 valence electrons. The van der Waals surface area contributed by atoms with Crippen molar-refractivity contribution in [3.63, 3.8) is 0 Å². The second-order valence-electron chi connectivity index (χ2n) is 6.68. The van der Waals surface area contributed by atoms with Crippen molar-refractivity contribution in [2.75, 3.05) is 32.9 Å². The van der Waals surface area contributed by atoms with Crippen molar-refractivity contribution in [3.8, 4) is 5.88 Å². The van der Waals surface area contributed by atoms with Crippen LogP contribution >= 0.6 is 0 Å². The Labute approximate surface area is 131 Å². The monoisotopic (exact) mass is 304 g/mol. The lowest BCUT2D eigenvalue weighted by molar-refractivity contribution is -0.200. The Balaban J connectivity index is 1.32. The summed E-state index contributed by atoms with van der Waals surface area (Å²) >= 11 is 0. The minimum atomic E-state index is 0.00992.